The largest absolute Gasteiger partial charge is 0.486 e. The molecule has 2 heterocycles. The van der Waals surface area contributed by atoms with E-state index in [-0.39, 0.29) is 6.10 Å². The molecule has 1 unspecified atom stereocenters. The molecule has 0 fully saturated rings. The lowest BCUT2D eigenvalue weighted by Crippen LogP contribution is -2.45. The summed E-state index contributed by atoms with van der Waals surface area (Å²) in [6.07, 6.45) is -0.0713. The number of hydrogen-bond donors (Lipinski definition) is 2. The van der Waals surface area contributed by atoms with Gasteiger partial charge in [-0.15, -0.1) is 11.3 Å². The van der Waals surface area contributed by atoms with Gasteiger partial charge in [0.15, 0.2) is 17.5 Å². The number of guanidine groups is 1. The number of hydrogen-bond acceptors (Lipinski definition) is 5. The minimum Gasteiger partial charge on any atom is -0.486 e. The predicted octanol–water partition coefficient (Wildman–Crippen LogP) is 3.32. The van der Waals surface area contributed by atoms with Crippen molar-refractivity contribution in [1.82, 2.24) is 15.6 Å². The van der Waals surface area contributed by atoms with Gasteiger partial charge in [0.2, 0.25) is 0 Å². The third kappa shape index (κ3) is 4.43. The molecule has 0 spiro atoms. The maximum absolute atomic E-state index is 5.96. The fraction of sp³-hybridized carbons (Fsp3) is 0.238. The van der Waals surface area contributed by atoms with Crippen LogP contribution in [0.2, 0.25) is 0 Å². The Bertz CT molecular complexity index is 942. The van der Waals surface area contributed by atoms with Gasteiger partial charge in [0.25, 0.3) is 0 Å². The van der Waals surface area contributed by atoms with E-state index in [1.807, 2.05) is 42.5 Å². The van der Waals surface area contributed by atoms with Crippen LogP contribution >= 0.6 is 11.3 Å². The highest BCUT2D eigenvalue weighted by atomic mass is 32.1. The molecular weight excluding hydrogens is 372 g/mol. The Kier molecular flexibility index (Phi) is 5.72. The summed E-state index contributed by atoms with van der Waals surface area (Å²) in [5, 5.41) is 9.67. The van der Waals surface area contributed by atoms with Crippen LogP contribution in [0.5, 0.6) is 11.5 Å². The zero-order valence-electron chi connectivity index (χ0n) is 15.6. The Hall–Kier alpha value is -3.06. The number of benzene rings is 2. The van der Waals surface area contributed by atoms with Crippen LogP contribution in [0.4, 0.5) is 0 Å². The monoisotopic (exact) mass is 394 g/mol. The molecule has 0 saturated carbocycles. The summed E-state index contributed by atoms with van der Waals surface area (Å²) >= 11 is 1.63. The molecule has 28 heavy (non-hydrogen) atoms. The minimum atomic E-state index is -0.0713. The fourth-order valence-corrected chi connectivity index (χ4v) is 3.63. The van der Waals surface area contributed by atoms with Crippen molar-refractivity contribution >= 4 is 17.3 Å². The number of thiazole rings is 1. The van der Waals surface area contributed by atoms with Gasteiger partial charge in [-0.05, 0) is 12.1 Å². The zero-order valence-corrected chi connectivity index (χ0v) is 16.4. The summed E-state index contributed by atoms with van der Waals surface area (Å²) in [6, 6.07) is 17.9. The molecule has 1 aliphatic rings. The predicted molar refractivity (Wildman–Crippen MR) is 112 cm³/mol. The second-order valence-electron chi connectivity index (χ2n) is 6.30. The number of aliphatic imine (C=N–C) groups is 1. The van der Waals surface area contributed by atoms with Gasteiger partial charge in [0.1, 0.15) is 17.7 Å². The van der Waals surface area contributed by atoms with Crippen molar-refractivity contribution in [3.8, 4) is 22.8 Å². The van der Waals surface area contributed by atoms with E-state index in [4.69, 9.17) is 14.5 Å². The van der Waals surface area contributed by atoms with Crippen LogP contribution in [-0.4, -0.2) is 37.2 Å². The van der Waals surface area contributed by atoms with Gasteiger partial charge >= 0.3 is 0 Å². The first kappa shape index (κ1) is 18.3. The fourth-order valence-electron chi connectivity index (χ4n) is 2.89. The minimum absolute atomic E-state index is 0.0713. The van der Waals surface area contributed by atoms with Crippen molar-refractivity contribution in [2.45, 2.75) is 12.6 Å². The number of fused-ring (bicyclic) bond motifs is 1. The summed E-state index contributed by atoms with van der Waals surface area (Å²) in [4.78, 5) is 8.96. The van der Waals surface area contributed by atoms with Gasteiger partial charge in [0, 0.05) is 18.0 Å². The molecular formula is C21H22N4O2S. The molecule has 7 heteroatoms. The van der Waals surface area contributed by atoms with Crippen molar-refractivity contribution in [1.29, 1.82) is 0 Å². The summed E-state index contributed by atoms with van der Waals surface area (Å²) in [5.74, 6) is 2.28. The first-order chi connectivity index (χ1) is 13.8. The second kappa shape index (κ2) is 8.75. The normalized spacial score (nSPS) is 15.9. The maximum Gasteiger partial charge on any atom is 0.191 e. The molecule has 4 rings (SSSR count). The van der Waals surface area contributed by atoms with Crippen LogP contribution < -0.4 is 20.1 Å². The van der Waals surface area contributed by atoms with Gasteiger partial charge in [0.05, 0.1) is 18.8 Å². The van der Waals surface area contributed by atoms with Crippen LogP contribution in [0.1, 0.15) is 5.01 Å². The van der Waals surface area contributed by atoms with Gasteiger partial charge in [-0.1, -0.05) is 42.5 Å². The van der Waals surface area contributed by atoms with E-state index < -0.39 is 0 Å². The first-order valence-corrected chi connectivity index (χ1v) is 10.0. The molecule has 2 aromatic carbocycles. The van der Waals surface area contributed by atoms with Crippen molar-refractivity contribution in [2.75, 3.05) is 20.2 Å². The zero-order chi connectivity index (χ0) is 19.2. The third-order valence-corrected chi connectivity index (χ3v) is 5.17. The number of nitrogens with one attached hydrogen (secondary N) is 2. The van der Waals surface area contributed by atoms with E-state index in [1.165, 1.54) is 0 Å². The Morgan fingerprint density at radius 2 is 1.89 bits per heavy atom. The van der Waals surface area contributed by atoms with E-state index in [2.05, 4.69) is 33.1 Å². The van der Waals surface area contributed by atoms with Crippen LogP contribution in [0.25, 0.3) is 11.3 Å². The highest BCUT2D eigenvalue weighted by Crippen LogP contribution is 2.30. The Labute approximate surface area is 168 Å². The van der Waals surface area contributed by atoms with E-state index in [1.54, 1.807) is 18.4 Å². The Morgan fingerprint density at radius 3 is 2.71 bits per heavy atom. The third-order valence-electron chi connectivity index (χ3n) is 4.32. The Balaban J connectivity index is 1.27. The highest BCUT2D eigenvalue weighted by molar-refractivity contribution is 7.09. The summed E-state index contributed by atoms with van der Waals surface area (Å²) < 4.78 is 11.7. The molecule has 2 N–H and O–H groups in total. The molecule has 144 valence electrons. The van der Waals surface area contributed by atoms with E-state index >= 15 is 0 Å². The van der Waals surface area contributed by atoms with E-state index in [9.17, 15) is 0 Å². The highest BCUT2D eigenvalue weighted by Gasteiger charge is 2.20. The van der Waals surface area contributed by atoms with Crippen molar-refractivity contribution in [2.24, 2.45) is 4.99 Å². The summed E-state index contributed by atoms with van der Waals surface area (Å²) in [7, 11) is 1.75. The molecule has 0 radical (unpaired) electrons. The van der Waals surface area contributed by atoms with Crippen molar-refractivity contribution in [3.63, 3.8) is 0 Å². The van der Waals surface area contributed by atoms with Crippen LogP contribution in [-0.2, 0) is 6.54 Å². The number of aromatic nitrogens is 1. The molecule has 1 aliphatic heterocycles. The smallest absolute Gasteiger partial charge is 0.191 e. The maximum atomic E-state index is 5.96. The summed E-state index contributed by atoms with van der Waals surface area (Å²) in [5.41, 5.74) is 2.12. The molecule has 0 saturated heterocycles. The molecule has 0 amide bonds. The van der Waals surface area contributed by atoms with Gasteiger partial charge in [-0.3, -0.25) is 4.99 Å². The van der Waals surface area contributed by atoms with Gasteiger partial charge in [-0.25, -0.2) is 4.98 Å². The van der Waals surface area contributed by atoms with Gasteiger partial charge in [-0.2, -0.15) is 0 Å². The van der Waals surface area contributed by atoms with E-state index in [0.717, 1.165) is 27.8 Å². The van der Waals surface area contributed by atoms with Crippen LogP contribution in [0.3, 0.4) is 0 Å². The SMILES string of the molecule is CN=C(NCc1nc(-c2ccccc2)cs1)NCC1COc2ccccc2O1. The Morgan fingerprint density at radius 1 is 1.11 bits per heavy atom. The molecule has 3 aromatic rings. The van der Waals surface area contributed by atoms with E-state index in [0.29, 0.717) is 25.7 Å². The average Bonchev–Trinajstić information content (AvgIpc) is 3.23. The van der Waals surface area contributed by atoms with Crippen LogP contribution in [0.15, 0.2) is 65.0 Å². The number of nitrogens with zero attached hydrogens (tertiary/aromatic N) is 2. The lowest BCUT2D eigenvalue weighted by Gasteiger charge is -2.27. The quantitative estimate of drug-likeness (QED) is 0.513. The lowest BCUT2D eigenvalue weighted by molar-refractivity contribution is 0.0936. The molecule has 6 nitrogen and oxygen atoms in total. The molecule has 1 aromatic heterocycles. The molecule has 0 aliphatic carbocycles. The molecule has 1 atom stereocenters. The second-order valence-corrected chi connectivity index (χ2v) is 7.24. The van der Waals surface area contributed by atoms with Crippen molar-refractivity contribution in [3.05, 3.63) is 65.0 Å². The topological polar surface area (TPSA) is 67.8 Å². The average molecular weight is 395 g/mol. The standard InChI is InChI=1S/C21H22N4O2S/c1-22-21(23-11-16-13-26-18-9-5-6-10-19(18)27-16)24-12-20-25-17(14-28-20)15-7-3-2-4-8-15/h2-10,14,16H,11-13H2,1H3,(H2,22,23,24). The summed E-state index contributed by atoms with van der Waals surface area (Å²) in [6.45, 7) is 1.72. The number of ether oxygens (including phenoxy) is 2. The van der Waals surface area contributed by atoms with Gasteiger partial charge < -0.3 is 20.1 Å². The number of para-hydroxylation sites is 2. The van der Waals surface area contributed by atoms with Crippen LogP contribution in [0, 0.1) is 0 Å². The van der Waals surface area contributed by atoms with Crippen molar-refractivity contribution < 1.29 is 9.47 Å². The molecule has 0 bridgehead atoms. The lowest BCUT2D eigenvalue weighted by atomic mass is 10.2. The first-order valence-electron chi connectivity index (χ1n) is 9.14. The number of rotatable bonds is 5.